The summed E-state index contributed by atoms with van der Waals surface area (Å²) in [5.41, 5.74) is 7.47. The maximum Gasteiger partial charge on any atom is 0.268 e. The molecular weight excluding hydrogens is 536 g/mol. The van der Waals surface area contributed by atoms with Gasteiger partial charge in [0.2, 0.25) is 0 Å². The summed E-state index contributed by atoms with van der Waals surface area (Å²) in [5.74, 6) is -0.214. The summed E-state index contributed by atoms with van der Waals surface area (Å²) < 4.78 is 1.99. The van der Waals surface area contributed by atoms with E-state index >= 15 is 0 Å². The van der Waals surface area contributed by atoms with Crippen LogP contribution in [-0.4, -0.2) is 26.5 Å². The maximum atomic E-state index is 14.0. The number of benzene rings is 3. The van der Waals surface area contributed by atoms with Gasteiger partial charge in [-0.1, -0.05) is 74.5 Å². The second-order valence-corrected chi connectivity index (χ2v) is 11.2. The molecule has 1 atom stereocenters. The molecule has 2 N–H and O–H groups in total. The lowest BCUT2D eigenvalue weighted by Crippen LogP contribution is -2.30. The maximum absolute atomic E-state index is 14.0. The van der Waals surface area contributed by atoms with Gasteiger partial charge in [0.15, 0.2) is 0 Å². The number of aliphatic hydroxyl groups excluding tert-OH is 1. The van der Waals surface area contributed by atoms with Gasteiger partial charge in [0.05, 0.1) is 19.2 Å². The van der Waals surface area contributed by atoms with Gasteiger partial charge in [-0.2, -0.15) is 0 Å². The predicted molar refractivity (Wildman–Crippen MR) is 168 cm³/mol. The second-order valence-electron chi connectivity index (χ2n) is 11.2. The largest absolute Gasteiger partial charge is 0.388 e. The Hall–Kier alpha value is -5.01. The van der Waals surface area contributed by atoms with E-state index in [1.165, 1.54) is 0 Å². The van der Waals surface area contributed by atoms with Gasteiger partial charge in [-0.15, -0.1) is 0 Å². The molecule has 2 aromatic heterocycles. The summed E-state index contributed by atoms with van der Waals surface area (Å²) in [4.78, 5) is 33.1. The van der Waals surface area contributed by atoms with E-state index in [1.807, 2.05) is 115 Å². The summed E-state index contributed by atoms with van der Waals surface area (Å²) >= 11 is 0. The molecule has 216 valence electrons. The number of pyridine rings is 1. The van der Waals surface area contributed by atoms with E-state index in [-0.39, 0.29) is 17.7 Å². The van der Waals surface area contributed by atoms with Crippen molar-refractivity contribution in [3.05, 3.63) is 143 Å². The van der Waals surface area contributed by atoms with E-state index in [1.54, 1.807) is 17.3 Å². The van der Waals surface area contributed by atoms with E-state index in [0.29, 0.717) is 30.9 Å². The highest BCUT2D eigenvalue weighted by Crippen LogP contribution is 2.33. The monoisotopic (exact) mass is 570 g/mol. The Balaban J connectivity index is 1.27. The number of aliphatic hydroxyl groups is 1. The van der Waals surface area contributed by atoms with Crippen molar-refractivity contribution in [3.8, 4) is 11.1 Å². The molecule has 0 saturated heterocycles. The van der Waals surface area contributed by atoms with Crippen LogP contribution in [0.25, 0.3) is 11.1 Å². The summed E-state index contributed by atoms with van der Waals surface area (Å²) in [6.07, 6.45) is 2.86. The molecule has 1 aliphatic rings. The minimum Gasteiger partial charge on any atom is -0.388 e. The van der Waals surface area contributed by atoms with Crippen LogP contribution in [-0.2, 0) is 19.6 Å². The Morgan fingerprint density at radius 2 is 1.65 bits per heavy atom. The lowest BCUT2D eigenvalue weighted by molar-refractivity contribution is 0.0941. The molecule has 0 spiro atoms. The molecule has 6 rings (SSSR count). The third kappa shape index (κ3) is 5.72. The summed E-state index contributed by atoms with van der Waals surface area (Å²) in [6.45, 7) is 5.18. The van der Waals surface area contributed by atoms with Gasteiger partial charge in [0.25, 0.3) is 11.8 Å². The van der Waals surface area contributed by atoms with Crippen LogP contribution in [0.4, 0.5) is 5.69 Å². The van der Waals surface area contributed by atoms with Crippen molar-refractivity contribution in [1.29, 1.82) is 0 Å². The summed E-state index contributed by atoms with van der Waals surface area (Å²) in [7, 11) is 0. The lowest BCUT2D eigenvalue weighted by atomic mass is 9.91. The topological polar surface area (TPSA) is 87.5 Å². The number of nitrogens with zero attached hydrogens (tertiary/aromatic N) is 3. The van der Waals surface area contributed by atoms with Crippen LogP contribution in [0.2, 0.25) is 0 Å². The van der Waals surface area contributed by atoms with Crippen LogP contribution in [0.5, 0.6) is 0 Å². The van der Waals surface area contributed by atoms with Gasteiger partial charge in [0.1, 0.15) is 5.69 Å². The minimum atomic E-state index is -0.579. The number of aromatic nitrogens is 2. The highest BCUT2D eigenvalue weighted by molar-refractivity contribution is 6.07. The van der Waals surface area contributed by atoms with Crippen LogP contribution >= 0.6 is 0 Å². The van der Waals surface area contributed by atoms with Crippen molar-refractivity contribution < 1.29 is 14.7 Å². The fourth-order valence-electron chi connectivity index (χ4n) is 5.64. The average molecular weight is 571 g/mol. The molecule has 3 heterocycles. The number of rotatable bonds is 7. The molecular formula is C36H34N4O3. The number of para-hydroxylation sites is 1. The first-order valence-electron chi connectivity index (χ1n) is 14.5. The Labute approximate surface area is 251 Å². The molecule has 0 saturated carbocycles. The highest BCUT2D eigenvalue weighted by atomic mass is 16.3. The van der Waals surface area contributed by atoms with E-state index in [2.05, 4.69) is 10.3 Å². The van der Waals surface area contributed by atoms with Crippen molar-refractivity contribution in [2.75, 3.05) is 4.90 Å². The smallest absolute Gasteiger partial charge is 0.268 e. The number of amides is 2. The van der Waals surface area contributed by atoms with Crippen molar-refractivity contribution >= 4 is 17.5 Å². The van der Waals surface area contributed by atoms with Crippen molar-refractivity contribution in [2.24, 2.45) is 5.92 Å². The number of anilines is 1. The Morgan fingerprint density at radius 1 is 0.884 bits per heavy atom. The molecule has 1 unspecified atom stereocenters. The van der Waals surface area contributed by atoms with E-state index < -0.39 is 6.10 Å². The van der Waals surface area contributed by atoms with Gasteiger partial charge >= 0.3 is 0 Å². The van der Waals surface area contributed by atoms with Gasteiger partial charge in [-0.25, -0.2) is 0 Å². The Morgan fingerprint density at radius 3 is 2.42 bits per heavy atom. The van der Waals surface area contributed by atoms with Crippen LogP contribution in [0.1, 0.15) is 63.2 Å². The number of hydrogen-bond donors (Lipinski definition) is 2. The first kappa shape index (κ1) is 28.1. The number of carbonyl (C=O) groups is 2. The second kappa shape index (κ2) is 12.1. The van der Waals surface area contributed by atoms with E-state index in [9.17, 15) is 14.7 Å². The number of hydrogen-bond acceptors (Lipinski definition) is 4. The minimum absolute atomic E-state index is 0.0804. The van der Waals surface area contributed by atoms with Gasteiger partial charge in [0, 0.05) is 35.9 Å². The molecule has 7 heteroatoms. The molecule has 3 aromatic carbocycles. The average Bonchev–Trinajstić information content (AvgIpc) is 3.36. The Bertz CT molecular complexity index is 1760. The number of carbonyl (C=O) groups excluding carboxylic acids is 2. The fraction of sp³-hybridized carbons (Fsp3) is 0.194. The highest BCUT2D eigenvalue weighted by Gasteiger charge is 2.27. The molecule has 0 aliphatic carbocycles. The first-order chi connectivity index (χ1) is 20.9. The van der Waals surface area contributed by atoms with Crippen molar-refractivity contribution in [1.82, 2.24) is 14.9 Å². The summed E-state index contributed by atoms with van der Waals surface area (Å²) in [6, 6.07) is 30.8. The zero-order valence-corrected chi connectivity index (χ0v) is 24.3. The van der Waals surface area contributed by atoms with Crippen LogP contribution < -0.4 is 10.2 Å². The Kier molecular flexibility index (Phi) is 7.90. The predicted octanol–water partition coefficient (Wildman–Crippen LogP) is 6.38. The van der Waals surface area contributed by atoms with Crippen LogP contribution in [0.3, 0.4) is 0 Å². The zero-order chi connectivity index (χ0) is 29.9. The molecule has 0 radical (unpaired) electrons. The van der Waals surface area contributed by atoms with E-state index in [0.717, 1.165) is 39.2 Å². The standard InChI is InChI=1S/C36H34N4O3/c1-24(2)34(41)31-11-5-4-10-30(31)26-13-15-27(16-14-26)36(43)40-23-29-17-18-33(35(42)38-21-25-8-7-19-37-20-25)39(29)22-28-9-3-6-12-32(28)40/h3-20,24,34,41H,21-23H2,1-2H3,(H,38,42). The molecule has 43 heavy (non-hydrogen) atoms. The fourth-order valence-corrected chi connectivity index (χ4v) is 5.64. The molecule has 0 bridgehead atoms. The quantitative estimate of drug-likeness (QED) is 0.238. The van der Waals surface area contributed by atoms with Crippen LogP contribution in [0, 0.1) is 5.92 Å². The zero-order valence-electron chi connectivity index (χ0n) is 24.3. The third-order valence-corrected chi connectivity index (χ3v) is 8.01. The molecule has 0 fully saturated rings. The van der Waals surface area contributed by atoms with Gasteiger partial charge < -0.3 is 19.9 Å². The summed E-state index contributed by atoms with van der Waals surface area (Å²) in [5, 5.41) is 13.8. The lowest BCUT2D eigenvalue weighted by Gasteiger charge is -2.23. The van der Waals surface area contributed by atoms with Gasteiger partial charge in [-0.05, 0) is 70.1 Å². The first-order valence-corrected chi connectivity index (χ1v) is 14.5. The van der Waals surface area contributed by atoms with E-state index in [4.69, 9.17) is 0 Å². The molecule has 1 aliphatic heterocycles. The third-order valence-electron chi connectivity index (χ3n) is 8.01. The molecule has 5 aromatic rings. The van der Waals surface area contributed by atoms with Crippen molar-refractivity contribution in [3.63, 3.8) is 0 Å². The normalized spacial score (nSPS) is 13.2. The number of nitrogens with one attached hydrogen (secondary N) is 1. The van der Waals surface area contributed by atoms with Crippen molar-refractivity contribution in [2.45, 2.75) is 39.6 Å². The molecule has 2 amide bonds. The van der Waals surface area contributed by atoms with Crippen LogP contribution in [0.15, 0.2) is 109 Å². The van der Waals surface area contributed by atoms with Gasteiger partial charge in [-0.3, -0.25) is 14.6 Å². The molecule has 7 nitrogen and oxygen atoms in total. The number of fused-ring (bicyclic) bond motifs is 2. The SMILES string of the molecule is CC(C)C(O)c1ccccc1-c1ccc(C(=O)N2Cc3ccc(C(=O)NCc4cccnc4)n3Cc3ccccc32)cc1.